The maximum atomic E-state index is 11.3. The second-order valence-electron chi connectivity index (χ2n) is 8.65. The van der Waals surface area contributed by atoms with Crippen LogP contribution < -0.4 is 5.32 Å². The molecule has 3 unspecified atom stereocenters. The van der Waals surface area contributed by atoms with Crippen LogP contribution in [0.1, 0.15) is 41.5 Å². The van der Waals surface area contributed by atoms with Crippen LogP contribution in [0.4, 0.5) is 0 Å². The molecule has 1 N–H and O–H groups in total. The van der Waals surface area contributed by atoms with Crippen molar-refractivity contribution in [2.45, 2.75) is 49.6 Å². The van der Waals surface area contributed by atoms with Gasteiger partial charge in [0.15, 0.2) is 0 Å². The van der Waals surface area contributed by atoms with Crippen molar-refractivity contribution in [1.29, 1.82) is 0 Å². The maximum Gasteiger partial charge on any atom is 0.138 e. The average molecular weight is 361 g/mol. The molecule has 2 fully saturated rings. The van der Waals surface area contributed by atoms with Gasteiger partial charge in [-0.2, -0.15) is 0 Å². The van der Waals surface area contributed by atoms with E-state index in [-0.39, 0.29) is 11.5 Å². The fraction of sp³-hybridized carbons (Fsp3) is 0.458. The molecule has 140 valence electrons. The largest absolute Gasteiger partial charge is 0.305 e. The molecule has 3 atom stereocenters. The first-order valence-corrected chi connectivity index (χ1v) is 10.4. The molecule has 0 radical (unpaired) electrons. The van der Waals surface area contributed by atoms with Crippen molar-refractivity contribution in [3.8, 4) is 0 Å². The predicted molar refractivity (Wildman–Crippen MR) is 108 cm³/mol. The zero-order chi connectivity index (χ0) is 18.3. The van der Waals surface area contributed by atoms with Crippen LogP contribution in [0, 0.1) is 0 Å². The van der Waals surface area contributed by atoms with Crippen molar-refractivity contribution in [3.05, 3.63) is 70.8 Å². The monoisotopic (exact) mass is 360 g/mol. The Morgan fingerprint density at radius 1 is 1.04 bits per heavy atom. The molecule has 3 nitrogen and oxygen atoms in total. The zero-order valence-electron chi connectivity index (χ0n) is 15.9. The Hall–Kier alpha value is -1.97. The first-order chi connectivity index (χ1) is 13.3. The normalized spacial score (nSPS) is 30.5. The van der Waals surface area contributed by atoms with E-state index in [4.69, 9.17) is 0 Å². The van der Waals surface area contributed by atoms with Gasteiger partial charge < -0.3 is 10.1 Å². The Labute approximate surface area is 161 Å². The van der Waals surface area contributed by atoms with Crippen LogP contribution in [-0.4, -0.2) is 42.9 Å². The third kappa shape index (κ3) is 3.03. The number of hydrogen-bond donors (Lipinski definition) is 1. The van der Waals surface area contributed by atoms with Gasteiger partial charge in [-0.1, -0.05) is 48.5 Å². The molecule has 2 aliphatic carbocycles. The Morgan fingerprint density at radius 2 is 1.81 bits per heavy atom. The lowest BCUT2D eigenvalue weighted by Gasteiger charge is -2.37. The molecule has 0 amide bonds. The van der Waals surface area contributed by atoms with Crippen molar-refractivity contribution in [2.24, 2.45) is 0 Å². The summed E-state index contributed by atoms with van der Waals surface area (Å²) in [5.41, 5.74) is 6.35. The van der Waals surface area contributed by atoms with Crippen molar-refractivity contribution in [1.82, 2.24) is 10.2 Å². The van der Waals surface area contributed by atoms with E-state index in [0.29, 0.717) is 6.04 Å². The van der Waals surface area contributed by atoms with E-state index >= 15 is 0 Å². The first-order valence-electron chi connectivity index (χ1n) is 10.4. The molecule has 2 aromatic carbocycles. The zero-order valence-corrected chi connectivity index (χ0v) is 15.9. The minimum atomic E-state index is -0.00236. The second-order valence-corrected chi connectivity index (χ2v) is 8.65. The second kappa shape index (κ2) is 6.88. The third-order valence-electron chi connectivity index (χ3n) is 7.12. The summed E-state index contributed by atoms with van der Waals surface area (Å²) in [6.45, 7) is 2.85. The van der Waals surface area contributed by atoms with Gasteiger partial charge in [0.25, 0.3) is 0 Å². The van der Waals surface area contributed by atoms with E-state index in [1.165, 1.54) is 36.0 Å². The van der Waals surface area contributed by atoms with Crippen LogP contribution in [0.2, 0.25) is 0 Å². The minimum absolute atomic E-state index is 0.00236. The molecule has 1 spiro atoms. The van der Waals surface area contributed by atoms with Gasteiger partial charge in [0.1, 0.15) is 6.29 Å². The molecular weight excluding hydrogens is 332 g/mol. The summed E-state index contributed by atoms with van der Waals surface area (Å²) in [5.74, 6) is 0. The first kappa shape index (κ1) is 17.2. The SMILES string of the molecule is O=CC1CN(C2CCC3(Cc4ccccc4Cc4ccccc43)C2)CCN1. The smallest absolute Gasteiger partial charge is 0.138 e. The molecule has 5 rings (SSSR count). The predicted octanol–water partition coefficient (Wildman–Crippen LogP) is 3.10. The average Bonchev–Trinajstić information content (AvgIpc) is 3.09. The minimum Gasteiger partial charge on any atom is -0.305 e. The number of carbonyl (C=O) groups is 1. The fourth-order valence-electron chi connectivity index (χ4n) is 5.80. The summed E-state index contributed by atoms with van der Waals surface area (Å²) in [6, 6.07) is 18.7. The van der Waals surface area contributed by atoms with Gasteiger partial charge in [-0.15, -0.1) is 0 Å². The van der Waals surface area contributed by atoms with E-state index < -0.39 is 0 Å². The number of hydrogen-bond acceptors (Lipinski definition) is 3. The summed E-state index contributed by atoms with van der Waals surface area (Å²) in [6.07, 6.45) is 6.98. The Kier molecular flexibility index (Phi) is 4.37. The van der Waals surface area contributed by atoms with Crippen molar-refractivity contribution >= 4 is 6.29 Å². The third-order valence-corrected chi connectivity index (χ3v) is 7.12. The van der Waals surface area contributed by atoms with E-state index in [1.807, 2.05) is 0 Å². The highest BCUT2D eigenvalue weighted by Gasteiger charge is 2.45. The van der Waals surface area contributed by atoms with Crippen LogP contribution in [0.3, 0.4) is 0 Å². The van der Waals surface area contributed by atoms with E-state index in [0.717, 1.165) is 38.8 Å². The number of aldehydes is 1. The molecular formula is C24H28N2O. The maximum absolute atomic E-state index is 11.3. The number of benzene rings is 2. The highest BCUT2D eigenvalue weighted by atomic mass is 16.1. The van der Waals surface area contributed by atoms with Crippen LogP contribution in [0.5, 0.6) is 0 Å². The van der Waals surface area contributed by atoms with Gasteiger partial charge in [0, 0.05) is 31.1 Å². The van der Waals surface area contributed by atoms with Gasteiger partial charge in [0.2, 0.25) is 0 Å². The van der Waals surface area contributed by atoms with Crippen molar-refractivity contribution in [3.63, 3.8) is 0 Å². The van der Waals surface area contributed by atoms with Crippen molar-refractivity contribution in [2.75, 3.05) is 19.6 Å². The van der Waals surface area contributed by atoms with Gasteiger partial charge in [0.05, 0.1) is 6.04 Å². The molecule has 1 aliphatic heterocycles. The fourth-order valence-corrected chi connectivity index (χ4v) is 5.80. The molecule has 0 bridgehead atoms. The van der Waals surface area contributed by atoms with Gasteiger partial charge in [-0.3, -0.25) is 4.90 Å². The summed E-state index contributed by atoms with van der Waals surface area (Å²) < 4.78 is 0. The van der Waals surface area contributed by atoms with E-state index in [2.05, 4.69) is 58.7 Å². The summed E-state index contributed by atoms with van der Waals surface area (Å²) in [7, 11) is 0. The quantitative estimate of drug-likeness (QED) is 0.836. The van der Waals surface area contributed by atoms with Crippen LogP contribution in [0.25, 0.3) is 0 Å². The number of piperazine rings is 1. The molecule has 3 heteroatoms. The highest BCUT2D eigenvalue weighted by molar-refractivity contribution is 5.58. The van der Waals surface area contributed by atoms with E-state index in [9.17, 15) is 4.79 Å². The van der Waals surface area contributed by atoms with E-state index in [1.54, 1.807) is 5.56 Å². The lowest BCUT2D eigenvalue weighted by atomic mass is 9.73. The van der Waals surface area contributed by atoms with Crippen LogP contribution >= 0.6 is 0 Å². The number of rotatable bonds is 2. The lowest BCUT2D eigenvalue weighted by molar-refractivity contribution is -0.110. The van der Waals surface area contributed by atoms with Crippen molar-refractivity contribution < 1.29 is 4.79 Å². The number of fused-ring (bicyclic) bond motifs is 3. The molecule has 0 aromatic heterocycles. The summed E-state index contributed by atoms with van der Waals surface area (Å²) in [4.78, 5) is 13.8. The standard InChI is InChI=1S/C24H28N2O/c27-17-21-16-26(12-11-25-21)22-9-10-24(15-22)14-20-7-2-1-5-18(20)13-19-6-3-4-8-23(19)24/h1-8,17,21-22,25H,9-16H2. The summed E-state index contributed by atoms with van der Waals surface area (Å²) >= 11 is 0. The van der Waals surface area contributed by atoms with Gasteiger partial charge in [-0.05, 0) is 54.4 Å². The number of nitrogens with one attached hydrogen (secondary N) is 1. The Bertz CT molecular complexity index is 848. The van der Waals surface area contributed by atoms with Gasteiger partial charge in [-0.25, -0.2) is 0 Å². The van der Waals surface area contributed by atoms with Gasteiger partial charge >= 0.3 is 0 Å². The molecule has 3 aliphatic rings. The Morgan fingerprint density at radius 3 is 2.67 bits per heavy atom. The highest BCUT2D eigenvalue weighted by Crippen LogP contribution is 2.48. The molecule has 27 heavy (non-hydrogen) atoms. The Balaban J connectivity index is 1.49. The summed E-state index contributed by atoms with van der Waals surface area (Å²) in [5, 5.41) is 3.32. The lowest BCUT2D eigenvalue weighted by Crippen LogP contribution is -2.54. The molecule has 2 aromatic rings. The number of carbonyl (C=O) groups excluding carboxylic acids is 1. The topological polar surface area (TPSA) is 32.3 Å². The number of nitrogens with zero attached hydrogens (tertiary/aromatic N) is 1. The van der Waals surface area contributed by atoms with Crippen LogP contribution in [-0.2, 0) is 23.1 Å². The molecule has 1 heterocycles. The molecule has 1 saturated heterocycles. The van der Waals surface area contributed by atoms with Crippen LogP contribution in [0.15, 0.2) is 48.5 Å². The molecule has 1 saturated carbocycles.